The zero-order chi connectivity index (χ0) is 17.8. The Morgan fingerprint density at radius 3 is 2.56 bits per heavy atom. The van der Waals surface area contributed by atoms with Gasteiger partial charge in [-0.3, -0.25) is 4.79 Å². The number of benzene rings is 1. The van der Waals surface area contributed by atoms with Crippen LogP contribution in [0.25, 0.3) is 0 Å². The SMILES string of the molecule is CCCC#Cc1ccc([C@@H]2[C@@H](C#N)N(C(=O)C3CCC3)[C@H]2CO)cc1. The summed E-state index contributed by atoms with van der Waals surface area (Å²) in [4.78, 5) is 14.2. The van der Waals surface area contributed by atoms with E-state index in [0.717, 1.165) is 43.2 Å². The smallest absolute Gasteiger partial charge is 0.227 e. The van der Waals surface area contributed by atoms with Gasteiger partial charge in [-0.1, -0.05) is 37.3 Å². The molecule has 1 aromatic carbocycles. The second kappa shape index (κ2) is 7.72. The number of carbonyl (C=O) groups excluding carboxylic acids is 1. The first-order valence-electron chi connectivity index (χ1n) is 9.12. The Bertz CT molecular complexity index is 719. The summed E-state index contributed by atoms with van der Waals surface area (Å²) in [6, 6.07) is 9.34. The van der Waals surface area contributed by atoms with E-state index in [2.05, 4.69) is 24.8 Å². The summed E-state index contributed by atoms with van der Waals surface area (Å²) in [5, 5.41) is 19.4. The van der Waals surface area contributed by atoms with Crippen molar-refractivity contribution in [2.45, 2.75) is 57.0 Å². The summed E-state index contributed by atoms with van der Waals surface area (Å²) >= 11 is 0. The van der Waals surface area contributed by atoms with E-state index in [9.17, 15) is 15.2 Å². The second-order valence-electron chi connectivity index (χ2n) is 6.90. The molecule has 4 heteroatoms. The van der Waals surface area contributed by atoms with E-state index in [4.69, 9.17) is 0 Å². The van der Waals surface area contributed by atoms with E-state index in [-0.39, 0.29) is 30.4 Å². The molecule has 25 heavy (non-hydrogen) atoms. The molecular weight excluding hydrogens is 312 g/mol. The van der Waals surface area contributed by atoms with Crippen LogP contribution in [0.3, 0.4) is 0 Å². The Morgan fingerprint density at radius 1 is 1.32 bits per heavy atom. The number of nitrogens with zero attached hydrogens (tertiary/aromatic N) is 2. The summed E-state index contributed by atoms with van der Waals surface area (Å²) < 4.78 is 0. The molecule has 1 aliphatic carbocycles. The maximum atomic E-state index is 12.6. The fourth-order valence-corrected chi connectivity index (χ4v) is 3.65. The average molecular weight is 336 g/mol. The minimum absolute atomic E-state index is 0.0372. The van der Waals surface area contributed by atoms with E-state index >= 15 is 0 Å². The van der Waals surface area contributed by atoms with Gasteiger partial charge in [0.25, 0.3) is 0 Å². The molecule has 0 spiro atoms. The van der Waals surface area contributed by atoms with Crippen LogP contribution in [-0.4, -0.2) is 34.6 Å². The predicted molar refractivity (Wildman–Crippen MR) is 95.4 cm³/mol. The van der Waals surface area contributed by atoms with Crippen LogP contribution in [0.15, 0.2) is 24.3 Å². The predicted octanol–water partition coefficient (Wildman–Crippen LogP) is 2.82. The van der Waals surface area contributed by atoms with Crippen LogP contribution in [-0.2, 0) is 4.79 Å². The molecule has 1 aromatic rings. The van der Waals surface area contributed by atoms with Crippen LogP contribution in [0.1, 0.15) is 56.1 Å². The highest BCUT2D eigenvalue weighted by molar-refractivity contribution is 5.82. The third-order valence-corrected chi connectivity index (χ3v) is 5.34. The van der Waals surface area contributed by atoms with Crippen LogP contribution in [0.2, 0.25) is 0 Å². The van der Waals surface area contributed by atoms with Crippen LogP contribution in [0, 0.1) is 29.1 Å². The van der Waals surface area contributed by atoms with E-state index in [1.807, 2.05) is 24.3 Å². The van der Waals surface area contributed by atoms with Gasteiger partial charge in [0.15, 0.2) is 0 Å². The molecule has 3 rings (SSSR count). The van der Waals surface area contributed by atoms with Gasteiger partial charge in [0.05, 0.1) is 18.7 Å². The molecule has 0 aromatic heterocycles. The number of amides is 1. The van der Waals surface area contributed by atoms with E-state index in [0.29, 0.717) is 0 Å². The fraction of sp³-hybridized carbons (Fsp3) is 0.524. The zero-order valence-corrected chi connectivity index (χ0v) is 14.6. The Labute approximate surface area is 149 Å². The van der Waals surface area contributed by atoms with Crippen molar-refractivity contribution in [2.75, 3.05) is 6.61 Å². The molecule has 1 N–H and O–H groups in total. The van der Waals surface area contributed by atoms with Gasteiger partial charge in [0, 0.05) is 23.8 Å². The van der Waals surface area contributed by atoms with E-state index < -0.39 is 6.04 Å². The minimum atomic E-state index is -0.484. The lowest BCUT2D eigenvalue weighted by Crippen LogP contribution is -2.66. The molecule has 3 atom stereocenters. The minimum Gasteiger partial charge on any atom is -0.394 e. The maximum absolute atomic E-state index is 12.6. The number of hydrogen-bond acceptors (Lipinski definition) is 3. The maximum Gasteiger partial charge on any atom is 0.227 e. The van der Waals surface area contributed by atoms with Crippen LogP contribution in [0.4, 0.5) is 0 Å². The Hall–Kier alpha value is -2.30. The second-order valence-corrected chi connectivity index (χ2v) is 6.90. The van der Waals surface area contributed by atoms with Gasteiger partial charge in [0.2, 0.25) is 5.91 Å². The van der Waals surface area contributed by atoms with Crippen molar-refractivity contribution in [1.29, 1.82) is 5.26 Å². The molecular formula is C21H24N2O2. The highest BCUT2D eigenvalue weighted by atomic mass is 16.3. The van der Waals surface area contributed by atoms with Gasteiger partial charge in [-0.05, 0) is 37.0 Å². The van der Waals surface area contributed by atoms with E-state index in [1.54, 1.807) is 4.90 Å². The third-order valence-electron chi connectivity index (χ3n) is 5.34. The van der Waals surface area contributed by atoms with Crippen molar-refractivity contribution < 1.29 is 9.90 Å². The molecule has 4 nitrogen and oxygen atoms in total. The van der Waals surface area contributed by atoms with Gasteiger partial charge < -0.3 is 10.0 Å². The van der Waals surface area contributed by atoms with Crippen molar-refractivity contribution >= 4 is 5.91 Å². The molecule has 1 aliphatic heterocycles. The largest absolute Gasteiger partial charge is 0.394 e. The van der Waals surface area contributed by atoms with Gasteiger partial charge in [-0.25, -0.2) is 0 Å². The quantitative estimate of drug-likeness (QED) is 0.860. The highest BCUT2D eigenvalue weighted by Crippen LogP contribution is 2.43. The normalized spacial score (nSPS) is 25.2. The summed E-state index contributed by atoms with van der Waals surface area (Å²) in [5.41, 5.74) is 1.94. The number of nitriles is 1. The Balaban J connectivity index is 1.76. The summed E-state index contributed by atoms with van der Waals surface area (Å²) in [6.45, 7) is 1.99. The standard InChI is InChI=1S/C21H24N2O2/c1-2-3-4-6-15-9-11-16(12-10-15)20-18(13-22)23(19(20)14-24)21(25)17-7-5-8-17/h9-12,17-20,24H,2-3,5,7-8,14H2,1H3/t18-,19+,20-/m1/s1. The summed E-state index contributed by atoms with van der Waals surface area (Å²) in [5.74, 6) is 6.20. The van der Waals surface area contributed by atoms with Crippen LogP contribution >= 0.6 is 0 Å². The highest BCUT2D eigenvalue weighted by Gasteiger charge is 2.53. The lowest BCUT2D eigenvalue weighted by molar-refractivity contribution is -0.154. The van der Waals surface area contributed by atoms with Crippen LogP contribution < -0.4 is 0 Å². The van der Waals surface area contributed by atoms with Crippen molar-refractivity contribution in [3.8, 4) is 17.9 Å². The zero-order valence-electron chi connectivity index (χ0n) is 14.6. The number of hydrogen-bond donors (Lipinski definition) is 1. The molecule has 1 saturated heterocycles. The lowest BCUT2D eigenvalue weighted by atomic mass is 9.73. The molecule has 130 valence electrons. The number of aliphatic hydroxyl groups excluding tert-OH is 1. The van der Waals surface area contributed by atoms with Gasteiger partial charge in [-0.15, -0.1) is 0 Å². The average Bonchev–Trinajstić information content (AvgIpc) is 2.55. The first kappa shape index (κ1) is 17.5. The molecule has 2 fully saturated rings. The molecule has 1 heterocycles. The number of unbranched alkanes of at least 4 members (excludes halogenated alkanes) is 1. The molecule has 1 saturated carbocycles. The number of likely N-dealkylation sites (tertiary alicyclic amines) is 1. The van der Waals surface area contributed by atoms with Crippen LogP contribution in [0.5, 0.6) is 0 Å². The van der Waals surface area contributed by atoms with Crippen molar-refractivity contribution in [1.82, 2.24) is 4.90 Å². The lowest BCUT2D eigenvalue weighted by Gasteiger charge is -2.53. The molecule has 1 amide bonds. The van der Waals surface area contributed by atoms with Crippen molar-refractivity contribution in [2.24, 2.45) is 5.92 Å². The molecule has 0 unspecified atom stereocenters. The molecule has 0 bridgehead atoms. The Kier molecular flexibility index (Phi) is 5.41. The molecule has 2 aliphatic rings. The number of aliphatic hydroxyl groups is 1. The summed E-state index contributed by atoms with van der Waals surface area (Å²) in [6.07, 6.45) is 4.81. The Morgan fingerprint density at radius 2 is 2.04 bits per heavy atom. The van der Waals surface area contributed by atoms with Crippen molar-refractivity contribution in [3.05, 3.63) is 35.4 Å². The number of rotatable bonds is 4. The topological polar surface area (TPSA) is 64.3 Å². The monoisotopic (exact) mass is 336 g/mol. The van der Waals surface area contributed by atoms with Crippen molar-refractivity contribution in [3.63, 3.8) is 0 Å². The first-order chi connectivity index (χ1) is 12.2. The first-order valence-corrected chi connectivity index (χ1v) is 9.12. The van der Waals surface area contributed by atoms with Gasteiger partial charge >= 0.3 is 0 Å². The van der Waals surface area contributed by atoms with E-state index in [1.165, 1.54) is 0 Å². The fourth-order valence-electron chi connectivity index (χ4n) is 3.65. The number of carbonyl (C=O) groups is 1. The molecule has 0 radical (unpaired) electrons. The summed E-state index contributed by atoms with van der Waals surface area (Å²) in [7, 11) is 0. The van der Waals surface area contributed by atoms with Gasteiger partial charge in [0.1, 0.15) is 6.04 Å². The van der Waals surface area contributed by atoms with Gasteiger partial charge in [-0.2, -0.15) is 5.26 Å². The third kappa shape index (κ3) is 3.28.